The molecule has 0 saturated heterocycles. The molecule has 1 rings (SSSR count). The largest absolute Gasteiger partial charge is 0.465 e. The van der Waals surface area contributed by atoms with E-state index < -0.39 is 21.6 Å². The minimum atomic E-state index is -3.52. The zero-order valence-electron chi connectivity index (χ0n) is 12.8. The summed E-state index contributed by atoms with van der Waals surface area (Å²) in [6.45, 7) is 6.37. The van der Waals surface area contributed by atoms with Crippen molar-refractivity contribution in [3.05, 3.63) is 35.4 Å². The quantitative estimate of drug-likeness (QED) is 0.738. The molecule has 1 N–H and O–H groups in total. The molecular weight excluding hydrogens is 290 g/mol. The monoisotopic (exact) mass is 313 g/mol. The summed E-state index contributed by atoms with van der Waals surface area (Å²) in [5, 5.41) is 3.15. The smallest absolute Gasteiger partial charge is 0.321 e. The van der Waals surface area contributed by atoms with Crippen molar-refractivity contribution in [3.8, 4) is 0 Å². The van der Waals surface area contributed by atoms with Crippen LogP contribution in [0.25, 0.3) is 0 Å². The second kappa shape index (κ2) is 8.14. The number of sulfone groups is 1. The Labute approximate surface area is 126 Å². The Morgan fingerprint density at radius 2 is 1.86 bits per heavy atom. The van der Waals surface area contributed by atoms with Crippen LogP contribution in [0.2, 0.25) is 0 Å². The highest BCUT2D eigenvalue weighted by molar-refractivity contribution is 7.92. The van der Waals surface area contributed by atoms with Crippen molar-refractivity contribution in [2.45, 2.75) is 26.8 Å². The van der Waals surface area contributed by atoms with Gasteiger partial charge < -0.3 is 10.1 Å². The molecule has 0 bridgehead atoms. The van der Waals surface area contributed by atoms with Crippen LogP contribution < -0.4 is 5.32 Å². The second-order valence-corrected chi connectivity index (χ2v) is 6.99. The van der Waals surface area contributed by atoms with Gasteiger partial charge in [0.15, 0.2) is 9.84 Å². The lowest BCUT2D eigenvalue weighted by atomic mass is 10.1. The fourth-order valence-electron chi connectivity index (χ4n) is 2.01. The molecule has 1 aromatic carbocycles. The van der Waals surface area contributed by atoms with Crippen LogP contribution in [0.5, 0.6) is 0 Å². The van der Waals surface area contributed by atoms with Gasteiger partial charge in [0.25, 0.3) is 0 Å². The molecule has 1 aromatic rings. The van der Waals surface area contributed by atoms with Gasteiger partial charge in [-0.1, -0.05) is 36.8 Å². The Balaban J connectivity index is 2.82. The summed E-state index contributed by atoms with van der Waals surface area (Å²) in [5.41, 5.74) is 2.01. The van der Waals surface area contributed by atoms with E-state index in [4.69, 9.17) is 4.74 Å². The second-order valence-electron chi connectivity index (χ2n) is 4.88. The number of rotatable bonds is 8. The average molecular weight is 313 g/mol. The fraction of sp³-hybridized carbons (Fsp3) is 0.533. The fourth-order valence-corrected chi connectivity index (χ4v) is 3.39. The number of hydrogen-bond acceptors (Lipinski definition) is 5. The van der Waals surface area contributed by atoms with Crippen LogP contribution in [-0.2, 0) is 19.4 Å². The summed E-state index contributed by atoms with van der Waals surface area (Å²) in [5.74, 6) is -1.39. The normalized spacial score (nSPS) is 12.9. The molecule has 0 fully saturated rings. The van der Waals surface area contributed by atoms with Crippen molar-refractivity contribution in [1.82, 2.24) is 5.32 Å². The summed E-state index contributed by atoms with van der Waals surface area (Å²) < 4.78 is 28.9. The van der Waals surface area contributed by atoms with Crippen molar-refractivity contribution in [2.75, 3.05) is 24.7 Å². The average Bonchev–Trinajstić information content (AvgIpc) is 2.38. The number of hydrogen-bond donors (Lipinski definition) is 1. The molecule has 0 heterocycles. The molecule has 21 heavy (non-hydrogen) atoms. The van der Waals surface area contributed by atoms with Crippen molar-refractivity contribution < 1.29 is 17.9 Å². The minimum Gasteiger partial charge on any atom is -0.465 e. The molecule has 0 aliphatic heterocycles. The van der Waals surface area contributed by atoms with Crippen molar-refractivity contribution in [2.24, 2.45) is 0 Å². The first-order valence-electron chi connectivity index (χ1n) is 7.04. The predicted molar refractivity (Wildman–Crippen MR) is 82.9 cm³/mol. The molecule has 6 heteroatoms. The van der Waals surface area contributed by atoms with Gasteiger partial charge >= 0.3 is 5.97 Å². The Morgan fingerprint density at radius 1 is 1.24 bits per heavy atom. The Kier molecular flexibility index (Phi) is 6.84. The molecule has 0 amide bonds. The van der Waals surface area contributed by atoms with E-state index in [2.05, 4.69) is 5.32 Å². The Hall–Kier alpha value is -1.40. The lowest BCUT2D eigenvalue weighted by Gasteiger charge is -2.18. The van der Waals surface area contributed by atoms with E-state index in [0.717, 1.165) is 11.1 Å². The molecule has 1 atom stereocenters. The van der Waals surface area contributed by atoms with Gasteiger partial charge in [-0.05, 0) is 26.0 Å². The molecule has 0 spiro atoms. The van der Waals surface area contributed by atoms with Gasteiger partial charge in [0.2, 0.25) is 0 Å². The molecule has 118 valence electrons. The molecule has 0 aliphatic rings. The van der Waals surface area contributed by atoms with Crippen LogP contribution in [0.1, 0.15) is 31.0 Å². The molecule has 5 nitrogen and oxygen atoms in total. The van der Waals surface area contributed by atoms with E-state index in [-0.39, 0.29) is 18.4 Å². The highest BCUT2D eigenvalue weighted by atomic mass is 32.2. The van der Waals surface area contributed by atoms with Crippen LogP contribution in [-0.4, -0.2) is 39.0 Å². The third-order valence-corrected chi connectivity index (χ3v) is 4.51. The number of carbonyl (C=O) groups is 1. The van der Waals surface area contributed by atoms with E-state index in [1.54, 1.807) is 6.92 Å². The van der Waals surface area contributed by atoms with E-state index in [1.165, 1.54) is 0 Å². The van der Waals surface area contributed by atoms with Crippen molar-refractivity contribution in [1.29, 1.82) is 0 Å². The summed E-state index contributed by atoms with van der Waals surface area (Å²) in [4.78, 5) is 11.4. The van der Waals surface area contributed by atoms with Gasteiger partial charge in [-0.3, -0.25) is 4.79 Å². The first kappa shape index (κ1) is 17.7. The van der Waals surface area contributed by atoms with Crippen LogP contribution in [0, 0.1) is 6.92 Å². The van der Waals surface area contributed by atoms with Gasteiger partial charge in [-0.15, -0.1) is 0 Å². The lowest BCUT2D eigenvalue weighted by Crippen LogP contribution is -2.31. The maximum absolute atomic E-state index is 12.1. The molecule has 0 aliphatic carbocycles. The van der Waals surface area contributed by atoms with Gasteiger partial charge in [0.1, 0.15) is 5.75 Å². The van der Waals surface area contributed by atoms with Gasteiger partial charge in [-0.2, -0.15) is 0 Å². The number of benzene rings is 1. The van der Waals surface area contributed by atoms with Crippen LogP contribution >= 0.6 is 0 Å². The standard InChI is InChI=1S/C15H23NO4S/c1-4-16-14(13-8-6-12(3)7-9-13)10-21(18,19)11-15(17)20-5-2/h6-9,14,16H,4-5,10-11H2,1-3H3. The predicted octanol–water partition coefficient (Wildman–Crippen LogP) is 1.62. The van der Waals surface area contributed by atoms with Crippen LogP contribution in [0.3, 0.4) is 0 Å². The van der Waals surface area contributed by atoms with E-state index in [1.807, 2.05) is 38.1 Å². The van der Waals surface area contributed by atoms with E-state index in [9.17, 15) is 13.2 Å². The van der Waals surface area contributed by atoms with Gasteiger partial charge in [0.05, 0.1) is 12.4 Å². The van der Waals surface area contributed by atoms with E-state index >= 15 is 0 Å². The Morgan fingerprint density at radius 3 is 2.38 bits per heavy atom. The molecular formula is C15H23NO4S. The topological polar surface area (TPSA) is 72.5 Å². The first-order valence-corrected chi connectivity index (χ1v) is 8.86. The SMILES string of the molecule is CCNC(CS(=O)(=O)CC(=O)OCC)c1ccc(C)cc1. The number of nitrogens with one attached hydrogen (secondary N) is 1. The summed E-state index contributed by atoms with van der Waals surface area (Å²) >= 11 is 0. The molecule has 0 aromatic heterocycles. The zero-order chi connectivity index (χ0) is 15.9. The van der Waals surface area contributed by atoms with Gasteiger partial charge in [-0.25, -0.2) is 8.42 Å². The van der Waals surface area contributed by atoms with E-state index in [0.29, 0.717) is 6.54 Å². The van der Waals surface area contributed by atoms with Crippen molar-refractivity contribution >= 4 is 15.8 Å². The maximum Gasteiger partial charge on any atom is 0.321 e. The summed E-state index contributed by atoms with van der Waals surface area (Å²) in [7, 11) is -3.52. The molecule has 0 radical (unpaired) electrons. The first-order chi connectivity index (χ1) is 9.88. The number of carbonyl (C=O) groups excluding carboxylic acids is 1. The summed E-state index contributed by atoms with van der Waals surface area (Å²) in [6.07, 6.45) is 0. The van der Waals surface area contributed by atoms with Crippen molar-refractivity contribution in [3.63, 3.8) is 0 Å². The van der Waals surface area contributed by atoms with Crippen LogP contribution in [0.15, 0.2) is 24.3 Å². The third-order valence-electron chi connectivity index (χ3n) is 2.99. The number of esters is 1. The maximum atomic E-state index is 12.1. The van der Waals surface area contributed by atoms with Gasteiger partial charge in [0, 0.05) is 6.04 Å². The molecule has 0 saturated carbocycles. The molecule has 1 unspecified atom stereocenters. The number of ether oxygens (including phenoxy) is 1. The third kappa shape index (κ3) is 6.27. The highest BCUT2D eigenvalue weighted by Crippen LogP contribution is 2.16. The zero-order valence-corrected chi connectivity index (χ0v) is 13.6. The summed E-state index contributed by atoms with van der Waals surface area (Å²) in [6, 6.07) is 7.37. The minimum absolute atomic E-state index is 0.122. The lowest BCUT2D eigenvalue weighted by molar-refractivity contribution is -0.139. The highest BCUT2D eigenvalue weighted by Gasteiger charge is 2.23. The Bertz CT molecular complexity index is 552. The number of aryl methyl sites for hydroxylation is 1. The van der Waals surface area contributed by atoms with Crippen LogP contribution in [0.4, 0.5) is 0 Å².